The van der Waals surface area contributed by atoms with Crippen molar-refractivity contribution in [2.75, 3.05) is 14.2 Å². The van der Waals surface area contributed by atoms with Crippen molar-refractivity contribution < 1.29 is 24.2 Å². The summed E-state index contributed by atoms with van der Waals surface area (Å²) >= 11 is 0. The number of ether oxygens (including phenoxy) is 2. The minimum absolute atomic E-state index is 0.107. The van der Waals surface area contributed by atoms with Crippen LogP contribution in [0.1, 0.15) is 42.0 Å². The average molecular weight is 396 g/mol. The zero-order valence-electron chi connectivity index (χ0n) is 16.7. The van der Waals surface area contributed by atoms with Crippen molar-refractivity contribution in [1.82, 2.24) is 5.01 Å². The number of carbonyl (C=O) groups is 2. The fraction of sp³-hybridized carbons (Fsp3) is 0.318. The summed E-state index contributed by atoms with van der Waals surface area (Å²) in [6.07, 6.45) is 0.185. The smallest absolute Gasteiger partial charge is 0.303 e. The third-order valence-corrected chi connectivity index (χ3v) is 4.90. The van der Waals surface area contributed by atoms with E-state index in [0.717, 1.165) is 22.4 Å². The minimum Gasteiger partial charge on any atom is -0.493 e. The van der Waals surface area contributed by atoms with Gasteiger partial charge >= 0.3 is 5.97 Å². The van der Waals surface area contributed by atoms with Gasteiger partial charge in [0.1, 0.15) is 0 Å². The van der Waals surface area contributed by atoms with Gasteiger partial charge in [-0.3, -0.25) is 9.59 Å². The van der Waals surface area contributed by atoms with Gasteiger partial charge in [-0.05, 0) is 30.2 Å². The maximum Gasteiger partial charge on any atom is 0.303 e. The molecule has 0 fully saturated rings. The SMILES string of the molecule is COc1ccc(C2CC(c3ccc(C)cc3)=NN2C(=O)CCC(=O)O)cc1OC. The Morgan fingerprint density at radius 2 is 1.76 bits per heavy atom. The highest BCUT2D eigenvalue weighted by molar-refractivity contribution is 6.03. The number of carboxylic acids is 1. The Kier molecular flexibility index (Phi) is 6.16. The molecule has 7 nitrogen and oxygen atoms in total. The van der Waals surface area contributed by atoms with Crippen LogP contribution < -0.4 is 9.47 Å². The lowest BCUT2D eigenvalue weighted by Gasteiger charge is -2.22. The first-order valence-electron chi connectivity index (χ1n) is 9.33. The Labute approximate surface area is 169 Å². The molecule has 0 aromatic heterocycles. The maximum atomic E-state index is 12.7. The molecule has 1 unspecified atom stereocenters. The molecule has 2 aromatic carbocycles. The highest BCUT2D eigenvalue weighted by Crippen LogP contribution is 2.37. The van der Waals surface area contributed by atoms with Crippen LogP contribution in [-0.2, 0) is 9.59 Å². The van der Waals surface area contributed by atoms with Crippen LogP contribution in [0.25, 0.3) is 0 Å². The van der Waals surface area contributed by atoms with E-state index in [0.29, 0.717) is 17.9 Å². The van der Waals surface area contributed by atoms with Crippen LogP contribution in [0.5, 0.6) is 11.5 Å². The summed E-state index contributed by atoms with van der Waals surface area (Å²) in [4.78, 5) is 23.6. The Bertz CT molecular complexity index is 937. The van der Waals surface area contributed by atoms with Gasteiger partial charge in [0.2, 0.25) is 5.91 Å². The summed E-state index contributed by atoms with van der Waals surface area (Å²) in [6.45, 7) is 2.01. The molecule has 3 rings (SSSR count). The molecule has 0 saturated carbocycles. The van der Waals surface area contributed by atoms with Crippen LogP contribution in [0, 0.1) is 6.92 Å². The first kappa shape index (κ1) is 20.4. The predicted molar refractivity (Wildman–Crippen MR) is 108 cm³/mol. The van der Waals surface area contributed by atoms with Gasteiger partial charge in [0.15, 0.2) is 11.5 Å². The number of benzene rings is 2. The minimum atomic E-state index is -1.01. The standard InChI is InChI=1S/C22H24N2O5/c1-14-4-6-15(7-5-14)17-13-18(24(23-17)21(25)10-11-22(26)27)16-8-9-19(28-2)20(12-16)29-3/h4-9,12,18H,10-11,13H2,1-3H3,(H,26,27). The lowest BCUT2D eigenvalue weighted by Crippen LogP contribution is -2.27. The monoisotopic (exact) mass is 396 g/mol. The Morgan fingerprint density at radius 3 is 2.38 bits per heavy atom. The number of hydrogen-bond acceptors (Lipinski definition) is 5. The summed E-state index contributed by atoms with van der Waals surface area (Å²) in [5.74, 6) is -0.179. The van der Waals surface area contributed by atoms with Crippen molar-refractivity contribution in [1.29, 1.82) is 0 Å². The van der Waals surface area contributed by atoms with E-state index >= 15 is 0 Å². The normalized spacial score (nSPS) is 15.8. The molecule has 1 N–H and O–H groups in total. The second-order valence-electron chi connectivity index (χ2n) is 6.88. The molecule has 152 valence electrons. The number of amides is 1. The fourth-order valence-corrected chi connectivity index (χ4v) is 3.31. The highest BCUT2D eigenvalue weighted by Gasteiger charge is 2.33. The van der Waals surface area contributed by atoms with E-state index < -0.39 is 5.97 Å². The molecule has 0 saturated heterocycles. The van der Waals surface area contributed by atoms with Crippen LogP contribution in [0.3, 0.4) is 0 Å². The second-order valence-corrected chi connectivity index (χ2v) is 6.88. The molecule has 7 heteroatoms. The summed E-state index contributed by atoms with van der Waals surface area (Å²) < 4.78 is 10.7. The van der Waals surface area contributed by atoms with Crippen molar-refractivity contribution >= 4 is 17.6 Å². The largest absolute Gasteiger partial charge is 0.493 e. The Morgan fingerprint density at radius 1 is 1.07 bits per heavy atom. The Balaban J connectivity index is 1.94. The van der Waals surface area contributed by atoms with Crippen LogP contribution in [-0.4, -0.2) is 41.9 Å². The molecule has 1 aliphatic heterocycles. The fourth-order valence-electron chi connectivity index (χ4n) is 3.31. The number of aliphatic carboxylic acids is 1. The van der Waals surface area contributed by atoms with Crippen molar-refractivity contribution in [3.8, 4) is 11.5 Å². The van der Waals surface area contributed by atoms with E-state index in [9.17, 15) is 9.59 Å². The summed E-state index contributed by atoms with van der Waals surface area (Å²) in [7, 11) is 3.12. The van der Waals surface area contributed by atoms with E-state index in [4.69, 9.17) is 14.6 Å². The van der Waals surface area contributed by atoms with Gasteiger partial charge in [-0.25, -0.2) is 5.01 Å². The highest BCUT2D eigenvalue weighted by atomic mass is 16.5. The number of methoxy groups -OCH3 is 2. The van der Waals surface area contributed by atoms with Gasteiger partial charge < -0.3 is 14.6 Å². The topological polar surface area (TPSA) is 88.4 Å². The van der Waals surface area contributed by atoms with Gasteiger partial charge in [0, 0.05) is 12.8 Å². The predicted octanol–water partition coefficient (Wildman–Crippen LogP) is 3.55. The van der Waals surface area contributed by atoms with E-state index in [1.165, 1.54) is 5.01 Å². The van der Waals surface area contributed by atoms with E-state index in [2.05, 4.69) is 5.10 Å². The third-order valence-electron chi connectivity index (χ3n) is 4.90. The van der Waals surface area contributed by atoms with Gasteiger partial charge in [0.05, 0.1) is 32.4 Å². The molecule has 1 aliphatic rings. The van der Waals surface area contributed by atoms with Gasteiger partial charge in [-0.1, -0.05) is 35.9 Å². The molecule has 0 aliphatic carbocycles. The molecule has 0 radical (unpaired) electrons. The molecule has 1 atom stereocenters. The van der Waals surface area contributed by atoms with Crippen LogP contribution in [0.15, 0.2) is 47.6 Å². The van der Waals surface area contributed by atoms with Gasteiger partial charge in [-0.15, -0.1) is 0 Å². The van der Waals surface area contributed by atoms with Crippen molar-refractivity contribution in [3.63, 3.8) is 0 Å². The van der Waals surface area contributed by atoms with Crippen molar-refractivity contribution in [3.05, 3.63) is 59.2 Å². The number of nitrogens with zero attached hydrogens (tertiary/aromatic N) is 2. The number of aryl methyl sites for hydroxylation is 1. The molecule has 0 spiro atoms. The second kappa shape index (κ2) is 8.77. The van der Waals surface area contributed by atoms with E-state index in [-0.39, 0.29) is 24.8 Å². The summed E-state index contributed by atoms with van der Waals surface area (Å²) in [5.41, 5.74) is 3.71. The average Bonchev–Trinajstić information content (AvgIpc) is 3.17. The molecule has 2 aromatic rings. The molecule has 29 heavy (non-hydrogen) atoms. The zero-order chi connectivity index (χ0) is 21.0. The van der Waals surface area contributed by atoms with E-state index in [1.807, 2.05) is 43.3 Å². The number of carboxylic acid groups (broad SMARTS) is 1. The zero-order valence-corrected chi connectivity index (χ0v) is 16.7. The molecular formula is C22H24N2O5. The van der Waals surface area contributed by atoms with Crippen LogP contribution in [0.2, 0.25) is 0 Å². The number of rotatable bonds is 7. The number of carbonyl (C=O) groups excluding carboxylic acids is 1. The first-order chi connectivity index (χ1) is 13.9. The quantitative estimate of drug-likeness (QED) is 0.773. The van der Waals surface area contributed by atoms with Crippen LogP contribution in [0.4, 0.5) is 0 Å². The number of hydrazone groups is 1. The molecule has 1 heterocycles. The first-order valence-corrected chi connectivity index (χ1v) is 9.33. The van der Waals surface area contributed by atoms with Gasteiger partial charge in [-0.2, -0.15) is 5.10 Å². The van der Waals surface area contributed by atoms with Crippen molar-refractivity contribution in [2.24, 2.45) is 5.10 Å². The molecular weight excluding hydrogens is 372 g/mol. The number of hydrogen-bond donors (Lipinski definition) is 1. The Hall–Kier alpha value is -3.35. The third kappa shape index (κ3) is 4.56. The maximum absolute atomic E-state index is 12.7. The molecule has 0 bridgehead atoms. The lowest BCUT2D eigenvalue weighted by atomic mass is 9.97. The van der Waals surface area contributed by atoms with Gasteiger partial charge in [0.25, 0.3) is 0 Å². The van der Waals surface area contributed by atoms with Crippen LogP contribution >= 0.6 is 0 Å². The van der Waals surface area contributed by atoms with E-state index in [1.54, 1.807) is 20.3 Å². The molecule has 1 amide bonds. The van der Waals surface area contributed by atoms with Crippen molar-refractivity contribution in [2.45, 2.75) is 32.2 Å². The summed E-state index contributed by atoms with van der Waals surface area (Å²) in [5, 5.41) is 14.9. The summed E-state index contributed by atoms with van der Waals surface area (Å²) in [6, 6.07) is 13.1. The lowest BCUT2D eigenvalue weighted by molar-refractivity contribution is -0.141.